The van der Waals surface area contributed by atoms with Gasteiger partial charge >= 0.3 is 0 Å². The number of nitrogens with one attached hydrogen (secondary N) is 1. The predicted molar refractivity (Wildman–Crippen MR) is 90.3 cm³/mol. The first kappa shape index (κ1) is 20.3. The minimum atomic E-state index is -0.246. The number of hydrogen-bond donors (Lipinski definition) is 1. The maximum atomic E-state index is 12.9. The fraction of sp³-hybridized carbons (Fsp3) is 0.368. The summed E-state index contributed by atoms with van der Waals surface area (Å²) in [5.74, 6) is 1.76. The lowest BCUT2D eigenvalue weighted by Gasteiger charge is -2.13. The first-order chi connectivity index (χ1) is 11.1. The van der Waals surface area contributed by atoms with Crippen LogP contribution in [0.2, 0.25) is 0 Å². The summed E-state index contributed by atoms with van der Waals surface area (Å²) in [5, 5.41) is 3.40. The summed E-state index contributed by atoms with van der Waals surface area (Å²) in [6.07, 6.45) is 0. The van der Waals surface area contributed by atoms with Gasteiger partial charge in [0.25, 0.3) is 0 Å². The maximum Gasteiger partial charge on any atom is 0.161 e. The summed E-state index contributed by atoms with van der Waals surface area (Å²) in [4.78, 5) is 0. The molecule has 0 aliphatic carbocycles. The van der Waals surface area contributed by atoms with Crippen molar-refractivity contribution in [2.45, 2.75) is 27.0 Å². The number of benzene rings is 2. The number of methoxy groups -OCH3 is 1. The Morgan fingerprint density at radius 2 is 1.67 bits per heavy atom. The number of hydrogen-bond acceptors (Lipinski definition) is 3. The van der Waals surface area contributed by atoms with E-state index < -0.39 is 0 Å². The summed E-state index contributed by atoms with van der Waals surface area (Å²) in [6, 6.07) is 12.2. The van der Waals surface area contributed by atoms with Crippen molar-refractivity contribution in [1.29, 1.82) is 0 Å². The highest BCUT2D eigenvalue weighted by atomic mass is 35.5. The quantitative estimate of drug-likeness (QED) is 0.773. The summed E-state index contributed by atoms with van der Waals surface area (Å²) in [7, 11) is 1.63. The molecule has 0 radical (unpaired) electrons. The van der Waals surface area contributed by atoms with Crippen LogP contribution in [0.25, 0.3) is 0 Å². The molecule has 0 aliphatic heterocycles. The fourth-order valence-electron chi connectivity index (χ4n) is 2.19. The SMILES string of the molecule is COc1cc(CNCC(C)C)ccc1OCc1ccc(F)cc1.[Cl-]. The molecule has 0 atom stereocenters. The summed E-state index contributed by atoms with van der Waals surface area (Å²) in [5.41, 5.74) is 2.06. The molecule has 0 spiro atoms. The van der Waals surface area contributed by atoms with Gasteiger partial charge in [-0.05, 0) is 47.9 Å². The van der Waals surface area contributed by atoms with Crippen LogP contribution in [0.15, 0.2) is 42.5 Å². The maximum absolute atomic E-state index is 12.9. The van der Waals surface area contributed by atoms with Crippen LogP contribution in [0.4, 0.5) is 4.39 Å². The molecule has 0 saturated carbocycles. The lowest BCUT2D eigenvalue weighted by atomic mass is 10.1. The molecule has 5 heteroatoms. The van der Waals surface area contributed by atoms with Crippen LogP contribution in [0.1, 0.15) is 25.0 Å². The lowest BCUT2D eigenvalue weighted by Crippen LogP contribution is -3.00. The normalized spacial score (nSPS) is 10.4. The van der Waals surface area contributed by atoms with Gasteiger partial charge in [-0.1, -0.05) is 32.0 Å². The summed E-state index contributed by atoms with van der Waals surface area (Å²) < 4.78 is 24.1. The first-order valence-electron chi connectivity index (χ1n) is 7.83. The zero-order valence-electron chi connectivity index (χ0n) is 14.3. The van der Waals surface area contributed by atoms with E-state index in [1.54, 1.807) is 19.2 Å². The van der Waals surface area contributed by atoms with Gasteiger partial charge < -0.3 is 27.2 Å². The van der Waals surface area contributed by atoms with Crippen molar-refractivity contribution in [2.75, 3.05) is 13.7 Å². The third-order valence-electron chi connectivity index (χ3n) is 3.42. The number of rotatable bonds is 8. The fourth-order valence-corrected chi connectivity index (χ4v) is 2.19. The summed E-state index contributed by atoms with van der Waals surface area (Å²) in [6.45, 7) is 6.51. The molecule has 24 heavy (non-hydrogen) atoms. The van der Waals surface area contributed by atoms with Crippen molar-refractivity contribution in [2.24, 2.45) is 5.92 Å². The van der Waals surface area contributed by atoms with Crippen molar-refractivity contribution < 1.29 is 26.3 Å². The molecule has 0 fully saturated rings. The minimum Gasteiger partial charge on any atom is -1.00 e. The van der Waals surface area contributed by atoms with E-state index in [1.165, 1.54) is 12.1 Å². The molecule has 0 bridgehead atoms. The Morgan fingerprint density at radius 1 is 1.00 bits per heavy atom. The molecule has 2 rings (SSSR count). The van der Waals surface area contributed by atoms with Gasteiger partial charge in [-0.2, -0.15) is 0 Å². The van der Waals surface area contributed by atoms with Crippen LogP contribution in [-0.4, -0.2) is 13.7 Å². The van der Waals surface area contributed by atoms with E-state index in [9.17, 15) is 4.39 Å². The molecule has 0 heterocycles. The van der Waals surface area contributed by atoms with E-state index in [1.807, 2.05) is 18.2 Å². The molecule has 1 N–H and O–H groups in total. The first-order valence-corrected chi connectivity index (χ1v) is 7.83. The van der Waals surface area contributed by atoms with Gasteiger partial charge in [-0.15, -0.1) is 0 Å². The monoisotopic (exact) mass is 352 g/mol. The third-order valence-corrected chi connectivity index (χ3v) is 3.42. The third kappa shape index (κ3) is 6.38. The van der Waals surface area contributed by atoms with Crippen LogP contribution in [-0.2, 0) is 13.2 Å². The Bertz CT molecular complexity index is 617. The van der Waals surface area contributed by atoms with Crippen LogP contribution in [0, 0.1) is 11.7 Å². The van der Waals surface area contributed by atoms with Gasteiger partial charge in [0.15, 0.2) is 11.5 Å². The van der Waals surface area contributed by atoms with Crippen molar-refractivity contribution in [3.63, 3.8) is 0 Å². The van der Waals surface area contributed by atoms with Gasteiger partial charge in [0.2, 0.25) is 0 Å². The molecule has 0 aliphatic rings. The smallest absolute Gasteiger partial charge is 0.161 e. The molecule has 0 unspecified atom stereocenters. The highest BCUT2D eigenvalue weighted by Gasteiger charge is 2.07. The van der Waals surface area contributed by atoms with Crippen molar-refractivity contribution in [3.8, 4) is 11.5 Å². The second-order valence-corrected chi connectivity index (χ2v) is 5.93. The largest absolute Gasteiger partial charge is 1.00 e. The van der Waals surface area contributed by atoms with Gasteiger partial charge in [0, 0.05) is 6.54 Å². The Balaban J connectivity index is 0.00000288. The van der Waals surface area contributed by atoms with Gasteiger partial charge in [-0.25, -0.2) is 4.39 Å². The zero-order chi connectivity index (χ0) is 16.7. The van der Waals surface area contributed by atoms with Crippen LogP contribution < -0.4 is 27.2 Å². The zero-order valence-corrected chi connectivity index (χ0v) is 15.1. The molecule has 0 amide bonds. The van der Waals surface area contributed by atoms with Crippen molar-refractivity contribution >= 4 is 0 Å². The molecule has 0 saturated heterocycles. The van der Waals surface area contributed by atoms with Crippen molar-refractivity contribution in [3.05, 3.63) is 59.4 Å². The van der Waals surface area contributed by atoms with Gasteiger partial charge in [0.1, 0.15) is 12.4 Å². The average molecular weight is 353 g/mol. The highest BCUT2D eigenvalue weighted by molar-refractivity contribution is 5.43. The van der Waals surface area contributed by atoms with Gasteiger partial charge in [0.05, 0.1) is 7.11 Å². The van der Waals surface area contributed by atoms with E-state index in [0.29, 0.717) is 24.0 Å². The lowest BCUT2D eigenvalue weighted by molar-refractivity contribution is -0.00000612. The predicted octanol–water partition coefficient (Wildman–Crippen LogP) is 1.16. The van der Waals surface area contributed by atoms with E-state index in [2.05, 4.69) is 19.2 Å². The molecular formula is C19H24ClFNO2-. The molecule has 132 valence electrons. The molecule has 3 nitrogen and oxygen atoms in total. The van der Waals surface area contributed by atoms with Crippen molar-refractivity contribution in [1.82, 2.24) is 5.32 Å². The second-order valence-electron chi connectivity index (χ2n) is 5.93. The summed E-state index contributed by atoms with van der Waals surface area (Å²) >= 11 is 0. The molecule has 2 aromatic rings. The van der Waals surface area contributed by atoms with Crippen LogP contribution >= 0.6 is 0 Å². The molecule has 0 aromatic heterocycles. The highest BCUT2D eigenvalue weighted by Crippen LogP contribution is 2.28. The Kier molecular flexibility index (Phi) is 8.58. The Morgan fingerprint density at radius 3 is 2.29 bits per heavy atom. The Hall–Kier alpha value is -1.78. The topological polar surface area (TPSA) is 30.5 Å². The number of halogens is 2. The standard InChI is InChI=1S/C19H24FNO2.ClH/c1-14(2)11-21-12-16-6-9-18(19(10-16)22-3)23-13-15-4-7-17(20)8-5-15;/h4-10,14,21H,11-13H2,1-3H3;1H/p-1. The van der Waals surface area contributed by atoms with Crippen LogP contribution in [0.3, 0.4) is 0 Å². The van der Waals surface area contributed by atoms with Gasteiger partial charge in [-0.3, -0.25) is 0 Å². The van der Waals surface area contributed by atoms with E-state index in [-0.39, 0.29) is 18.2 Å². The average Bonchev–Trinajstić information content (AvgIpc) is 2.54. The van der Waals surface area contributed by atoms with E-state index in [4.69, 9.17) is 9.47 Å². The molecular weight excluding hydrogens is 329 g/mol. The molecule has 2 aromatic carbocycles. The van der Waals surface area contributed by atoms with E-state index in [0.717, 1.165) is 24.2 Å². The Labute approximate surface area is 149 Å². The second kappa shape index (κ2) is 10.2. The number of ether oxygens (including phenoxy) is 2. The van der Waals surface area contributed by atoms with Crippen LogP contribution in [0.5, 0.6) is 11.5 Å². The van der Waals surface area contributed by atoms with E-state index >= 15 is 0 Å². The minimum absolute atomic E-state index is 0.